The van der Waals surface area contributed by atoms with Crippen molar-refractivity contribution in [2.24, 2.45) is 0 Å². The number of methoxy groups -OCH3 is 1. The van der Waals surface area contributed by atoms with Gasteiger partial charge in [-0.25, -0.2) is 9.59 Å². The monoisotopic (exact) mass is 328 g/mol. The fraction of sp³-hybridized carbons (Fsp3) is 0.222. The summed E-state index contributed by atoms with van der Waals surface area (Å²) in [5.41, 5.74) is 2.03. The molecule has 2 rings (SSSR count). The van der Waals surface area contributed by atoms with Crippen LogP contribution in [0.3, 0.4) is 0 Å². The average Bonchev–Trinajstić information content (AvgIpc) is 2.61. The van der Waals surface area contributed by atoms with E-state index >= 15 is 0 Å². The van der Waals surface area contributed by atoms with Crippen molar-refractivity contribution in [2.45, 2.75) is 13.5 Å². The van der Waals surface area contributed by atoms with Gasteiger partial charge in [0.25, 0.3) is 0 Å². The van der Waals surface area contributed by atoms with E-state index in [4.69, 9.17) is 4.74 Å². The number of ether oxygens (including phenoxy) is 2. The lowest BCUT2D eigenvalue weighted by Crippen LogP contribution is -2.28. The van der Waals surface area contributed by atoms with Gasteiger partial charge in [-0.15, -0.1) is 0 Å². The zero-order valence-corrected chi connectivity index (χ0v) is 13.7. The van der Waals surface area contributed by atoms with E-state index in [0.717, 1.165) is 11.3 Å². The molecule has 2 amide bonds. The average molecular weight is 328 g/mol. The molecule has 0 aliphatic rings. The van der Waals surface area contributed by atoms with Crippen LogP contribution in [0.4, 0.5) is 10.5 Å². The Morgan fingerprint density at radius 2 is 1.67 bits per heavy atom. The van der Waals surface area contributed by atoms with Gasteiger partial charge < -0.3 is 20.1 Å². The maximum absolute atomic E-state index is 11.9. The number of urea groups is 1. The van der Waals surface area contributed by atoms with Crippen LogP contribution < -0.4 is 15.4 Å². The third kappa shape index (κ3) is 5.01. The molecule has 0 aliphatic heterocycles. The van der Waals surface area contributed by atoms with Crippen LogP contribution in [0.5, 0.6) is 5.75 Å². The number of rotatable bonds is 6. The summed E-state index contributed by atoms with van der Waals surface area (Å²) in [4.78, 5) is 23.2. The normalized spacial score (nSPS) is 9.92. The van der Waals surface area contributed by atoms with Gasteiger partial charge in [0.05, 0.1) is 19.3 Å². The number of nitrogens with one attached hydrogen (secondary N) is 2. The number of carbonyl (C=O) groups is 2. The molecular formula is C18H20N2O4. The van der Waals surface area contributed by atoms with Gasteiger partial charge in [-0.3, -0.25) is 0 Å². The van der Waals surface area contributed by atoms with Crippen molar-refractivity contribution < 1.29 is 19.1 Å². The zero-order chi connectivity index (χ0) is 17.4. The predicted octanol–water partition coefficient (Wildman–Crippen LogP) is 3.19. The lowest BCUT2D eigenvalue weighted by molar-refractivity contribution is 0.0600. The molecule has 0 radical (unpaired) electrons. The molecule has 6 nitrogen and oxygen atoms in total. The second-order valence-corrected chi connectivity index (χ2v) is 4.95. The summed E-state index contributed by atoms with van der Waals surface area (Å²) in [6.07, 6.45) is 0. The van der Waals surface area contributed by atoms with Crippen molar-refractivity contribution in [3.8, 4) is 5.75 Å². The molecule has 0 bridgehead atoms. The molecule has 0 fully saturated rings. The van der Waals surface area contributed by atoms with Crippen LogP contribution in [0, 0.1) is 0 Å². The van der Waals surface area contributed by atoms with Crippen molar-refractivity contribution in [1.82, 2.24) is 5.32 Å². The van der Waals surface area contributed by atoms with Crippen LogP contribution in [-0.2, 0) is 11.3 Å². The SMILES string of the molecule is CCOc1ccc(NC(=O)NCc2ccc(C(=O)OC)cc2)cc1. The van der Waals surface area contributed by atoms with Crippen molar-refractivity contribution in [3.63, 3.8) is 0 Å². The molecule has 2 N–H and O–H groups in total. The van der Waals surface area contributed by atoms with E-state index < -0.39 is 0 Å². The molecule has 2 aromatic rings. The third-order valence-corrected chi connectivity index (χ3v) is 3.25. The van der Waals surface area contributed by atoms with Gasteiger partial charge in [0.15, 0.2) is 0 Å². The molecule has 24 heavy (non-hydrogen) atoms. The Kier molecular flexibility index (Phi) is 6.19. The van der Waals surface area contributed by atoms with Crippen LogP contribution in [0.2, 0.25) is 0 Å². The highest BCUT2D eigenvalue weighted by Crippen LogP contribution is 2.15. The van der Waals surface area contributed by atoms with Gasteiger partial charge in [0.1, 0.15) is 5.75 Å². The fourth-order valence-corrected chi connectivity index (χ4v) is 2.04. The summed E-state index contributed by atoms with van der Waals surface area (Å²) < 4.78 is 9.98. The summed E-state index contributed by atoms with van der Waals surface area (Å²) in [7, 11) is 1.34. The van der Waals surface area contributed by atoms with Crippen molar-refractivity contribution >= 4 is 17.7 Å². The highest BCUT2D eigenvalue weighted by atomic mass is 16.5. The molecule has 0 atom stereocenters. The van der Waals surface area contributed by atoms with E-state index in [-0.39, 0.29) is 12.0 Å². The number of hydrogen-bond acceptors (Lipinski definition) is 4. The summed E-state index contributed by atoms with van der Waals surface area (Å²) in [6.45, 7) is 2.86. The number of amides is 2. The van der Waals surface area contributed by atoms with E-state index in [9.17, 15) is 9.59 Å². The second-order valence-electron chi connectivity index (χ2n) is 4.95. The minimum atomic E-state index is -0.386. The Balaban J connectivity index is 1.83. The van der Waals surface area contributed by atoms with Gasteiger partial charge in [0.2, 0.25) is 0 Å². The molecule has 0 saturated carbocycles. The second kappa shape index (κ2) is 8.57. The highest BCUT2D eigenvalue weighted by molar-refractivity contribution is 5.90. The van der Waals surface area contributed by atoms with Gasteiger partial charge in [-0.2, -0.15) is 0 Å². The van der Waals surface area contributed by atoms with Gasteiger partial charge >= 0.3 is 12.0 Å². The number of hydrogen-bond donors (Lipinski definition) is 2. The lowest BCUT2D eigenvalue weighted by atomic mass is 10.1. The Morgan fingerprint density at radius 1 is 1.00 bits per heavy atom. The van der Waals surface area contributed by atoms with E-state index in [1.807, 2.05) is 6.92 Å². The molecule has 0 aliphatic carbocycles. The first-order valence-electron chi connectivity index (χ1n) is 7.57. The highest BCUT2D eigenvalue weighted by Gasteiger charge is 2.05. The van der Waals surface area contributed by atoms with Gasteiger partial charge in [0, 0.05) is 12.2 Å². The molecule has 0 aromatic heterocycles. The quantitative estimate of drug-likeness (QED) is 0.799. The van der Waals surface area contributed by atoms with Gasteiger partial charge in [-0.05, 0) is 48.9 Å². The maximum atomic E-state index is 11.9. The van der Waals surface area contributed by atoms with Crippen LogP contribution >= 0.6 is 0 Å². The minimum absolute atomic E-state index is 0.309. The smallest absolute Gasteiger partial charge is 0.337 e. The summed E-state index contributed by atoms with van der Waals surface area (Å²) in [5, 5.41) is 5.49. The summed E-state index contributed by atoms with van der Waals surface area (Å²) in [5.74, 6) is 0.372. The number of carbonyl (C=O) groups excluding carboxylic acids is 2. The molecule has 6 heteroatoms. The maximum Gasteiger partial charge on any atom is 0.337 e. The van der Waals surface area contributed by atoms with E-state index in [1.54, 1.807) is 48.5 Å². The van der Waals surface area contributed by atoms with Crippen LogP contribution in [0.1, 0.15) is 22.8 Å². The molecule has 0 unspecified atom stereocenters. The van der Waals surface area contributed by atoms with Crippen molar-refractivity contribution in [3.05, 3.63) is 59.7 Å². The van der Waals surface area contributed by atoms with Crippen molar-refractivity contribution in [1.29, 1.82) is 0 Å². The van der Waals surface area contributed by atoms with Crippen LogP contribution in [0.25, 0.3) is 0 Å². The number of esters is 1. The Morgan fingerprint density at radius 3 is 2.25 bits per heavy atom. The molecule has 0 heterocycles. The first-order chi connectivity index (χ1) is 11.6. The number of anilines is 1. The summed E-state index contributed by atoms with van der Waals surface area (Å²) in [6, 6.07) is 13.7. The fourth-order valence-electron chi connectivity index (χ4n) is 2.04. The molecule has 126 valence electrons. The van der Waals surface area contributed by atoms with Crippen LogP contribution in [-0.4, -0.2) is 25.7 Å². The molecule has 0 saturated heterocycles. The standard InChI is InChI=1S/C18H20N2O4/c1-3-24-16-10-8-15(9-11-16)20-18(22)19-12-13-4-6-14(7-5-13)17(21)23-2/h4-11H,3,12H2,1-2H3,(H2,19,20,22). The lowest BCUT2D eigenvalue weighted by Gasteiger charge is -2.09. The Hall–Kier alpha value is -3.02. The Labute approximate surface area is 140 Å². The van der Waals surface area contributed by atoms with E-state index in [2.05, 4.69) is 15.4 Å². The topological polar surface area (TPSA) is 76.7 Å². The largest absolute Gasteiger partial charge is 0.494 e. The van der Waals surface area contributed by atoms with E-state index in [1.165, 1.54) is 7.11 Å². The van der Waals surface area contributed by atoms with Gasteiger partial charge in [-0.1, -0.05) is 12.1 Å². The number of benzene rings is 2. The Bertz CT molecular complexity index is 681. The first kappa shape index (κ1) is 17.3. The van der Waals surface area contributed by atoms with Crippen LogP contribution in [0.15, 0.2) is 48.5 Å². The van der Waals surface area contributed by atoms with Crippen molar-refractivity contribution in [2.75, 3.05) is 19.0 Å². The molecule has 2 aromatic carbocycles. The zero-order valence-electron chi connectivity index (χ0n) is 13.7. The molecule has 0 spiro atoms. The first-order valence-corrected chi connectivity index (χ1v) is 7.57. The predicted molar refractivity (Wildman–Crippen MR) is 91.3 cm³/mol. The molecular weight excluding hydrogens is 308 g/mol. The van der Waals surface area contributed by atoms with E-state index in [0.29, 0.717) is 24.4 Å². The third-order valence-electron chi connectivity index (χ3n) is 3.25. The summed E-state index contributed by atoms with van der Waals surface area (Å²) >= 11 is 0. The minimum Gasteiger partial charge on any atom is -0.494 e.